The molecule has 0 unspecified atom stereocenters. The van der Waals surface area contributed by atoms with Gasteiger partial charge in [0.25, 0.3) is 5.56 Å². The summed E-state index contributed by atoms with van der Waals surface area (Å²) in [5.74, 6) is 0.567. The van der Waals surface area contributed by atoms with Gasteiger partial charge < -0.3 is 13.9 Å². The van der Waals surface area contributed by atoms with E-state index in [2.05, 4.69) is 10.1 Å². The number of halogens is 2. The van der Waals surface area contributed by atoms with Crippen LogP contribution in [0.2, 0.25) is 10.0 Å². The normalized spacial score (nSPS) is 11.4. The lowest BCUT2D eigenvalue weighted by atomic mass is 10.1. The molecule has 12 heteroatoms. The molecule has 2 aromatic heterocycles. The maximum atomic E-state index is 13.6. The minimum absolute atomic E-state index is 0.0236. The third-order valence-electron chi connectivity index (χ3n) is 6.64. The smallest absolute Gasteiger partial charge is 0.315 e. The second-order valence-electron chi connectivity index (χ2n) is 9.56. The molecule has 0 aliphatic heterocycles. The molecule has 6 rings (SSSR count). The van der Waals surface area contributed by atoms with E-state index in [-0.39, 0.29) is 41.8 Å². The molecule has 0 saturated heterocycles. The van der Waals surface area contributed by atoms with Crippen molar-refractivity contribution in [3.05, 3.63) is 127 Å². The molecule has 10 nitrogen and oxygen atoms in total. The van der Waals surface area contributed by atoms with E-state index in [0.717, 1.165) is 10.1 Å². The van der Waals surface area contributed by atoms with E-state index < -0.39 is 10.5 Å². The van der Waals surface area contributed by atoms with Gasteiger partial charge in [-0.15, -0.1) is 0 Å². The quantitative estimate of drug-likeness (QED) is 0.0906. The Morgan fingerprint density at radius 2 is 1.80 bits per heavy atom. The second kappa shape index (κ2) is 12.2. The predicted octanol–water partition coefficient (Wildman–Crippen LogP) is 7.88. The van der Waals surface area contributed by atoms with E-state index in [1.807, 2.05) is 24.3 Å². The minimum Gasteiger partial charge on any atom is -0.490 e. The molecule has 0 saturated carbocycles. The van der Waals surface area contributed by atoms with Crippen LogP contribution in [-0.2, 0) is 6.61 Å². The Morgan fingerprint density at radius 3 is 2.57 bits per heavy atom. The highest BCUT2D eigenvalue weighted by atomic mass is 35.5. The molecule has 2 heterocycles. The Labute approximate surface area is 259 Å². The van der Waals surface area contributed by atoms with Crippen molar-refractivity contribution in [1.82, 2.24) is 9.66 Å². The first-order valence-electron chi connectivity index (χ1n) is 13.4. The van der Waals surface area contributed by atoms with Crippen LogP contribution in [-0.4, -0.2) is 27.4 Å². The lowest BCUT2D eigenvalue weighted by molar-refractivity contribution is -0.386. The summed E-state index contributed by atoms with van der Waals surface area (Å²) in [5.41, 5.74) is 1.24. The zero-order valence-electron chi connectivity index (χ0n) is 23.1. The van der Waals surface area contributed by atoms with Crippen LogP contribution in [0.5, 0.6) is 11.5 Å². The van der Waals surface area contributed by atoms with Crippen LogP contribution >= 0.6 is 23.2 Å². The molecule has 0 amide bonds. The first-order chi connectivity index (χ1) is 21.3. The second-order valence-corrected chi connectivity index (χ2v) is 10.4. The van der Waals surface area contributed by atoms with E-state index in [9.17, 15) is 14.9 Å². The van der Waals surface area contributed by atoms with Crippen molar-refractivity contribution in [2.24, 2.45) is 5.10 Å². The van der Waals surface area contributed by atoms with Gasteiger partial charge in [-0.05, 0) is 55.0 Å². The zero-order valence-corrected chi connectivity index (χ0v) is 24.6. The average Bonchev–Trinajstić information content (AvgIpc) is 3.46. The van der Waals surface area contributed by atoms with Crippen molar-refractivity contribution in [2.45, 2.75) is 13.5 Å². The number of hydrogen-bond donors (Lipinski definition) is 0. The molecule has 6 aromatic rings. The van der Waals surface area contributed by atoms with Crippen molar-refractivity contribution < 1.29 is 18.8 Å². The highest BCUT2D eigenvalue weighted by Crippen LogP contribution is 2.39. The molecule has 0 fully saturated rings. The summed E-state index contributed by atoms with van der Waals surface area (Å²) in [6, 6.07) is 23.8. The molecule has 44 heavy (non-hydrogen) atoms. The lowest BCUT2D eigenvalue weighted by Crippen LogP contribution is -2.20. The van der Waals surface area contributed by atoms with Gasteiger partial charge in [0.15, 0.2) is 11.5 Å². The van der Waals surface area contributed by atoms with Gasteiger partial charge in [-0.25, -0.2) is 4.98 Å². The van der Waals surface area contributed by atoms with Gasteiger partial charge in [0.2, 0.25) is 11.6 Å². The molecule has 0 radical (unpaired) electrons. The number of nitro benzene ring substituents is 1. The van der Waals surface area contributed by atoms with Gasteiger partial charge in [0.1, 0.15) is 12.2 Å². The number of ether oxygens (including phenoxy) is 2. The van der Waals surface area contributed by atoms with Gasteiger partial charge in [0.05, 0.1) is 38.7 Å². The van der Waals surface area contributed by atoms with E-state index in [1.165, 1.54) is 12.3 Å². The van der Waals surface area contributed by atoms with Gasteiger partial charge >= 0.3 is 5.69 Å². The van der Waals surface area contributed by atoms with Crippen LogP contribution in [0.3, 0.4) is 0 Å². The number of nitro groups is 1. The monoisotopic (exact) mass is 628 g/mol. The summed E-state index contributed by atoms with van der Waals surface area (Å²) in [6.45, 7) is 1.94. The number of nitrogens with zero attached hydrogens (tertiary/aromatic N) is 4. The van der Waals surface area contributed by atoms with E-state index >= 15 is 0 Å². The maximum Gasteiger partial charge on any atom is 0.315 e. The largest absolute Gasteiger partial charge is 0.490 e. The molecule has 0 aliphatic carbocycles. The molecular weight excluding hydrogens is 607 g/mol. The molecule has 0 atom stereocenters. The molecule has 0 aliphatic rings. The van der Waals surface area contributed by atoms with Crippen LogP contribution in [0.25, 0.3) is 33.5 Å². The van der Waals surface area contributed by atoms with Gasteiger partial charge in [0, 0.05) is 17.0 Å². The van der Waals surface area contributed by atoms with Crippen LogP contribution in [0.1, 0.15) is 18.1 Å². The van der Waals surface area contributed by atoms with Gasteiger partial charge in [-0.3, -0.25) is 14.9 Å². The summed E-state index contributed by atoms with van der Waals surface area (Å²) in [6.07, 6.45) is 1.32. The summed E-state index contributed by atoms with van der Waals surface area (Å²) in [5, 5.41) is 18.5. The fraction of sp³-hybridized carbons (Fsp3) is 0.0938. The highest BCUT2D eigenvalue weighted by Gasteiger charge is 2.23. The number of fused-ring (bicyclic) bond motifs is 2. The standard InChI is InChI=1S/C32H22Cl2N4O6/c1-2-42-28-15-20(14-26(38(40)41)30(28)43-18-19-11-12-23(33)24(34)13-19)17-35-37-31(29-16-21-7-3-6-10-27(21)44-29)36-25-9-5-4-8-22(25)32(37)39/h3-17H,2,18H2,1H3. The SMILES string of the molecule is CCOc1cc(C=Nn2c(-c3cc4ccccc4o3)nc3ccccc3c2=O)cc([N+](=O)[O-])c1OCc1ccc(Cl)c(Cl)c1. The number of aromatic nitrogens is 2. The molecule has 0 bridgehead atoms. The highest BCUT2D eigenvalue weighted by molar-refractivity contribution is 6.42. The van der Waals surface area contributed by atoms with Crippen LogP contribution in [0, 0.1) is 10.1 Å². The number of furan rings is 1. The summed E-state index contributed by atoms with van der Waals surface area (Å²) >= 11 is 12.1. The molecule has 0 N–H and O–H groups in total. The van der Waals surface area contributed by atoms with Crippen molar-refractivity contribution in [2.75, 3.05) is 6.61 Å². The fourth-order valence-electron chi connectivity index (χ4n) is 4.62. The molecule has 4 aromatic carbocycles. The average molecular weight is 629 g/mol. The van der Waals surface area contributed by atoms with E-state index in [1.54, 1.807) is 61.5 Å². The number of para-hydroxylation sites is 2. The van der Waals surface area contributed by atoms with Gasteiger partial charge in [-0.2, -0.15) is 9.78 Å². The maximum absolute atomic E-state index is 13.6. The Morgan fingerprint density at radius 1 is 1.00 bits per heavy atom. The van der Waals surface area contributed by atoms with Crippen LogP contribution in [0.4, 0.5) is 5.69 Å². The topological polar surface area (TPSA) is 122 Å². The van der Waals surface area contributed by atoms with E-state index in [0.29, 0.717) is 37.9 Å². The Kier molecular flexibility index (Phi) is 8.01. The molecule has 0 spiro atoms. The van der Waals surface area contributed by atoms with Crippen LogP contribution in [0.15, 0.2) is 99.2 Å². The zero-order chi connectivity index (χ0) is 30.8. The van der Waals surface area contributed by atoms with Crippen molar-refractivity contribution in [1.29, 1.82) is 0 Å². The first-order valence-corrected chi connectivity index (χ1v) is 14.1. The Bertz CT molecular complexity index is 2110. The number of rotatable bonds is 9. The third-order valence-corrected chi connectivity index (χ3v) is 7.38. The fourth-order valence-corrected chi connectivity index (χ4v) is 4.94. The van der Waals surface area contributed by atoms with Crippen molar-refractivity contribution >= 4 is 57.0 Å². The van der Waals surface area contributed by atoms with Crippen molar-refractivity contribution in [3.8, 4) is 23.1 Å². The molecule has 220 valence electrons. The first kappa shape index (κ1) is 28.9. The van der Waals surface area contributed by atoms with Crippen LogP contribution < -0.4 is 15.0 Å². The summed E-state index contributed by atoms with van der Waals surface area (Å²) in [7, 11) is 0. The number of benzene rings is 4. The minimum atomic E-state index is -0.576. The lowest BCUT2D eigenvalue weighted by Gasteiger charge is -2.13. The third kappa shape index (κ3) is 5.72. The van der Waals surface area contributed by atoms with E-state index in [4.69, 9.17) is 37.1 Å². The Hall–Kier alpha value is -5.19. The number of hydrogen-bond acceptors (Lipinski definition) is 8. The molecular formula is C32H22Cl2N4O6. The summed E-state index contributed by atoms with van der Waals surface area (Å²) < 4.78 is 18.7. The predicted molar refractivity (Wildman–Crippen MR) is 169 cm³/mol. The van der Waals surface area contributed by atoms with Crippen molar-refractivity contribution in [3.63, 3.8) is 0 Å². The van der Waals surface area contributed by atoms with Gasteiger partial charge in [-0.1, -0.05) is 59.6 Å². The summed E-state index contributed by atoms with van der Waals surface area (Å²) in [4.78, 5) is 29.9. The Balaban J connectivity index is 1.43.